The van der Waals surface area contributed by atoms with Gasteiger partial charge in [0.25, 0.3) is 0 Å². The molecule has 1 saturated carbocycles. The normalized spacial score (nSPS) is 21.6. The standard InChI is InChI=1S/C15H25N3O4/c1-11(16-14(21)22-3)12(19)17-7-4-8-18(10-9-17)13(20)15(2)5-6-15/h11H,4-10H2,1-3H3,(H,16,21). The fourth-order valence-electron chi connectivity index (χ4n) is 2.70. The molecule has 1 unspecified atom stereocenters. The van der Waals surface area contributed by atoms with Crippen LogP contribution in [0.5, 0.6) is 0 Å². The average Bonchev–Trinajstić information content (AvgIpc) is 3.28. The van der Waals surface area contributed by atoms with Crippen LogP contribution in [-0.2, 0) is 14.3 Å². The van der Waals surface area contributed by atoms with Crippen molar-refractivity contribution in [2.24, 2.45) is 5.41 Å². The molecule has 1 atom stereocenters. The molecule has 0 bridgehead atoms. The first kappa shape index (κ1) is 16.6. The lowest BCUT2D eigenvalue weighted by Gasteiger charge is -2.26. The van der Waals surface area contributed by atoms with E-state index in [0.29, 0.717) is 26.2 Å². The molecule has 7 heteroatoms. The van der Waals surface area contributed by atoms with E-state index in [1.54, 1.807) is 11.8 Å². The number of alkyl carbamates (subject to hydrolysis) is 1. The van der Waals surface area contributed by atoms with Crippen molar-refractivity contribution in [1.29, 1.82) is 0 Å². The molecule has 0 aromatic rings. The zero-order valence-corrected chi connectivity index (χ0v) is 13.6. The Morgan fingerprint density at radius 2 is 1.68 bits per heavy atom. The Hall–Kier alpha value is -1.79. The van der Waals surface area contributed by atoms with Gasteiger partial charge in [-0.15, -0.1) is 0 Å². The maximum atomic E-state index is 12.4. The summed E-state index contributed by atoms with van der Waals surface area (Å²) in [5, 5.41) is 2.48. The van der Waals surface area contributed by atoms with E-state index in [-0.39, 0.29) is 17.2 Å². The molecule has 1 saturated heterocycles. The van der Waals surface area contributed by atoms with Gasteiger partial charge < -0.3 is 19.9 Å². The lowest BCUT2D eigenvalue weighted by molar-refractivity contribution is -0.137. The highest BCUT2D eigenvalue weighted by Crippen LogP contribution is 2.46. The van der Waals surface area contributed by atoms with Crippen LogP contribution in [0.1, 0.15) is 33.1 Å². The third kappa shape index (κ3) is 3.69. The highest BCUT2D eigenvalue weighted by molar-refractivity contribution is 5.86. The summed E-state index contributed by atoms with van der Waals surface area (Å²) in [5.41, 5.74) is -0.168. The Bertz CT molecular complexity index is 462. The summed E-state index contributed by atoms with van der Waals surface area (Å²) in [4.78, 5) is 39.5. The van der Waals surface area contributed by atoms with E-state index >= 15 is 0 Å². The molecule has 0 aromatic carbocycles. The maximum Gasteiger partial charge on any atom is 0.407 e. The summed E-state index contributed by atoms with van der Waals surface area (Å²) in [5.74, 6) is 0.0693. The highest BCUT2D eigenvalue weighted by atomic mass is 16.5. The van der Waals surface area contributed by atoms with Gasteiger partial charge in [-0.05, 0) is 26.2 Å². The predicted molar refractivity (Wildman–Crippen MR) is 80.1 cm³/mol. The number of rotatable bonds is 3. The molecule has 1 aliphatic carbocycles. The number of carbonyl (C=O) groups is 3. The highest BCUT2D eigenvalue weighted by Gasteiger charge is 2.47. The van der Waals surface area contributed by atoms with Crippen LogP contribution in [0, 0.1) is 5.41 Å². The molecule has 2 aliphatic rings. The van der Waals surface area contributed by atoms with Crippen LogP contribution in [-0.4, -0.2) is 67.0 Å². The molecule has 22 heavy (non-hydrogen) atoms. The number of nitrogens with one attached hydrogen (secondary N) is 1. The summed E-state index contributed by atoms with van der Waals surface area (Å²) in [6.45, 7) is 6.01. The molecule has 1 N–H and O–H groups in total. The number of methoxy groups -OCH3 is 1. The SMILES string of the molecule is COC(=O)NC(C)C(=O)N1CCCN(C(=O)C2(C)CC2)CC1. The third-order valence-corrected chi connectivity index (χ3v) is 4.50. The fourth-order valence-corrected chi connectivity index (χ4v) is 2.70. The second kappa shape index (κ2) is 6.54. The van der Waals surface area contributed by atoms with Crippen LogP contribution in [0.15, 0.2) is 0 Å². The topological polar surface area (TPSA) is 79.0 Å². The minimum atomic E-state index is -0.629. The number of amides is 3. The van der Waals surface area contributed by atoms with E-state index < -0.39 is 12.1 Å². The Morgan fingerprint density at radius 1 is 1.09 bits per heavy atom. The largest absolute Gasteiger partial charge is 0.453 e. The third-order valence-electron chi connectivity index (χ3n) is 4.50. The van der Waals surface area contributed by atoms with Crippen molar-refractivity contribution in [2.75, 3.05) is 33.3 Å². The zero-order valence-electron chi connectivity index (χ0n) is 13.6. The Labute approximate surface area is 131 Å². The van der Waals surface area contributed by atoms with Gasteiger partial charge in [0.2, 0.25) is 11.8 Å². The molecule has 2 fully saturated rings. The quantitative estimate of drug-likeness (QED) is 0.827. The van der Waals surface area contributed by atoms with E-state index in [2.05, 4.69) is 10.1 Å². The Balaban J connectivity index is 1.88. The molecule has 1 aliphatic heterocycles. The second-order valence-corrected chi connectivity index (χ2v) is 6.39. The lowest BCUT2D eigenvalue weighted by atomic mass is 10.1. The van der Waals surface area contributed by atoms with Gasteiger partial charge in [0.1, 0.15) is 6.04 Å². The zero-order chi connectivity index (χ0) is 16.3. The molecule has 0 spiro atoms. The summed E-state index contributed by atoms with van der Waals surface area (Å²) in [6.07, 6.45) is 2.07. The van der Waals surface area contributed by atoms with Gasteiger partial charge in [-0.2, -0.15) is 0 Å². The first-order valence-electron chi connectivity index (χ1n) is 7.80. The van der Waals surface area contributed by atoms with Crippen LogP contribution in [0.3, 0.4) is 0 Å². The van der Waals surface area contributed by atoms with Crippen LogP contribution < -0.4 is 5.32 Å². The molecule has 0 aromatic heterocycles. The Morgan fingerprint density at radius 3 is 2.27 bits per heavy atom. The first-order valence-corrected chi connectivity index (χ1v) is 7.80. The molecule has 124 valence electrons. The molecular formula is C15H25N3O4. The van der Waals surface area contributed by atoms with E-state index in [9.17, 15) is 14.4 Å². The van der Waals surface area contributed by atoms with Gasteiger partial charge in [-0.3, -0.25) is 9.59 Å². The van der Waals surface area contributed by atoms with E-state index in [1.807, 2.05) is 11.8 Å². The summed E-state index contributed by atoms with van der Waals surface area (Å²) < 4.78 is 4.50. The molecule has 3 amide bonds. The van der Waals surface area contributed by atoms with Gasteiger partial charge in [0.05, 0.1) is 7.11 Å². The molecule has 2 rings (SSSR count). The van der Waals surface area contributed by atoms with Gasteiger partial charge in [0.15, 0.2) is 0 Å². The van der Waals surface area contributed by atoms with Crippen LogP contribution in [0.25, 0.3) is 0 Å². The molecular weight excluding hydrogens is 286 g/mol. The Kier molecular flexibility index (Phi) is 4.93. The van der Waals surface area contributed by atoms with Crippen molar-refractivity contribution in [3.8, 4) is 0 Å². The summed E-state index contributed by atoms with van der Waals surface area (Å²) >= 11 is 0. The van der Waals surface area contributed by atoms with E-state index in [1.165, 1.54) is 7.11 Å². The van der Waals surface area contributed by atoms with Crippen LogP contribution in [0.4, 0.5) is 4.79 Å². The van der Waals surface area contributed by atoms with Gasteiger partial charge in [0, 0.05) is 31.6 Å². The second-order valence-electron chi connectivity index (χ2n) is 6.39. The van der Waals surface area contributed by atoms with Crippen molar-refractivity contribution in [3.63, 3.8) is 0 Å². The van der Waals surface area contributed by atoms with E-state index in [4.69, 9.17) is 0 Å². The fraction of sp³-hybridized carbons (Fsp3) is 0.800. The van der Waals surface area contributed by atoms with Crippen LogP contribution >= 0.6 is 0 Å². The monoisotopic (exact) mass is 311 g/mol. The van der Waals surface area contributed by atoms with Crippen molar-refractivity contribution in [2.45, 2.75) is 39.2 Å². The van der Waals surface area contributed by atoms with Gasteiger partial charge in [-0.25, -0.2) is 4.79 Å². The van der Waals surface area contributed by atoms with Gasteiger partial charge in [-0.1, -0.05) is 6.92 Å². The molecule has 0 radical (unpaired) electrons. The lowest BCUT2D eigenvalue weighted by Crippen LogP contribution is -2.48. The number of carbonyl (C=O) groups excluding carboxylic acids is 3. The van der Waals surface area contributed by atoms with Crippen LogP contribution in [0.2, 0.25) is 0 Å². The minimum Gasteiger partial charge on any atom is -0.453 e. The summed E-state index contributed by atoms with van der Waals surface area (Å²) in [6, 6.07) is -0.629. The molecule has 1 heterocycles. The summed E-state index contributed by atoms with van der Waals surface area (Å²) in [7, 11) is 1.26. The van der Waals surface area contributed by atoms with Crippen molar-refractivity contribution in [1.82, 2.24) is 15.1 Å². The van der Waals surface area contributed by atoms with Crippen molar-refractivity contribution >= 4 is 17.9 Å². The average molecular weight is 311 g/mol. The number of ether oxygens (including phenoxy) is 1. The molecule has 7 nitrogen and oxygen atoms in total. The maximum absolute atomic E-state index is 12.4. The number of hydrogen-bond donors (Lipinski definition) is 1. The predicted octanol–water partition coefficient (Wildman–Crippen LogP) is 0.592. The number of nitrogens with zero attached hydrogens (tertiary/aromatic N) is 2. The van der Waals surface area contributed by atoms with E-state index in [0.717, 1.165) is 19.3 Å². The smallest absolute Gasteiger partial charge is 0.407 e. The minimum absolute atomic E-state index is 0.141. The first-order chi connectivity index (χ1) is 10.4. The number of hydrogen-bond acceptors (Lipinski definition) is 4. The van der Waals surface area contributed by atoms with Gasteiger partial charge >= 0.3 is 6.09 Å². The van der Waals surface area contributed by atoms with Crippen molar-refractivity contribution in [3.05, 3.63) is 0 Å². The van der Waals surface area contributed by atoms with Crippen molar-refractivity contribution < 1.29 is 19.1 Å².